The van der Waals surface area contributed by atoms with Crippen molar-refractivity contribution < 1.29 is 9.69 Å². The summed E-state index contributed by atoms with van der Waals surface area (Å²) in [6, 6.07) is 7.22. The third-order valence-electron chi connectivity index (χ3n) is 3.40. The molecule has 1 saturated heterocycles. The molecule has 1 aliphatic heterocycles. The first-order valence-corrected chi connectivity index (χ1v) is 6.90. The quantitative estimate of drug-likeness (QED) is 0.857. The van der Waals surface area contributed by atoms with Gasteiger partial charge in [0, 0.05) is 16.6 Å². The van der Waals surface area contributed by atoms with Gasteiger partial charge >= 0.3 is 0 Å². The van der Waals surface area contributed by atoms with Crippen LogP contribution in [-0.4, -0.2) is 25.5 Å². The van der Waals surface area contributed by atoms with Gasteiger partial charge in [-0.3, -0.25) is 4.79 Å². The Morgan fingerprint density at radius 2 is 2.17 bits per heavy atom. The van der Waals surface area contributed by atoms with Gasteiger partial charge in [-0.25, -0.2) is 0 Å². The average molecular weight is 268 g/mol. The largest absolute Gasteiger partial charge is 0.327 e. The number of benzene rings is 1. The van der Waals surface area contributed by atoms with Crippen LogP contribution in [0.25, 0.3) is 0 Å². The summed E-state index contributed by atoms with van der Waals surface area (Å²) in [5.41, 5.74) is 0.814. The second-order valence-corrected chi connectivity index (χ2v) is 5.62. The van der Waals surface area contributed by atoms with E-state index in [1.54, 1.807) is 12.1 Å². The minimum absolute atomic E-state index is 0.0847. The van der Waals surface area contributed by atoms with Gasteiger partial charge in [0.25, 0.3) is 5.91 Å². The molecular formula is C14H20ClN2O+. The van der Waals surface area contributed by atoms with Crippen molar-refractivity contribution in [1.82, 2.24) is 0 Å². The van der Waals surface area contributed by atoms with Crippen LogP contribution in [0.3, 0.4) is 0 Å². The van der Waals surface area contributed by atoms with E-state index in [0.717, 1.165) is 24.7 Å². The normalized spacial score (nSPS) is 23.7. The molecule has 2 rings (SSSR count). The molecule has 2 N–H and O–H groups in total. The summed E-state index contributed by atoms with van der Waals surface area (Å²) in [4.78, 5) is 13.3. The molecule has 18 heavy (non-hydrogen) atoms. The van der Waals surface area contributed by atoms with Gasteiger partial charge < -0.3 is 10.2 Å². The fourth-order valence-corrected chi connectivity index (χ4v) is 2.65. The fourth-order valence-electron chi connectivity index (χ4n) is 2.52. The number of quaternary nitrogens is 1. The maximum absolute atomic E-state index is 11.9. The molecule has 4 heteroatoms. The van der Waals surface area contributed by atoms with E-state index in [1.807, 2.05) is 12.1 Å². The maximum Gasteiger partial charge on any atom is 0.279 e. The number of nitrogens with one attached hydrogen (secondary N) is 2. The van der Waals surface area contributed by atoms with E-state index in [4.69, 9.17) is 11.6 Å². The Hall–Kier alpha value is -1.06. The number of piperidine rings is 1. The maximum atomic E-state index is 11.9. The monoisotopic (exact) mass is 267 g/mol. The Kier molecular flexibility index (Phi) is 4.61. The summed E-state index contributed by atoms with van der Waals surface area (Å²) in [7, 11) is 0. The first-order valence-electron chi connectivity index (χ1n) is 6.52. The van der Waals surface area contributed by atoms with Gasteiger partial charge in [-0.05, 0) is 37.1 Å². The molecule has 1 unspecified atom stereocenters. The number of likely N-dealkylation sites (tertiary alicyclic amines) is 1. The molecule has 0 aliphatic carbocycles. The van der Waals surface area contributed by atoms with E-state index < -0.39 is 0 Å². The zero-order valence-electron chi connectivity index (χ0n) is 10.7. The number of halogens is 1. The lowest BCUT2D eigenvalue weighted by Crippen LogP contribution is -3.14. The smallest absolute Gasteiger partial charge is 0.279 e. The summed E-state index contributed by atoms with van der Waals surface area (Å²) >= 11 is 5.80. The van der Waals surface area contributed by atoms with E-state index in [1.165, 1.54) is 17.7 Å². The lowest BCUT2D eigenvalue weighted by atomic mass is 10.0. The van der Waals surface area contributed by atoms with Crippen LogP contribution in [0.15, 0.2) is 24.3 Å². The number of anilines is 1. The summed E-state index contributed by atoms with van der Waals surface area (Å²) in [5, 5.41) is 3.60. The van der Waals surface area contributed by atoms with E-state index in [-0.39, 0.29) is 5.91 Å². The summed E-state index contributed by atoms with van der Waals surface area (Å²) in [5.74, 6) is 0.818. The highest BCUT2D eigenvalue weighted by atomic mass is 35.5. The predicted molar refractivity (Wildman–Crippen MR) is 74.0 cm³/mol. The van der Waals surface area contributed by atoms with E-state index in [2.05, 4.69) is 12.2 Å². The van der Waals surface area contributed by atoms with Crippen molar-refractivity contribution in [3.8, 4) is 0 Å². The summed E-state index contributed by atoms with van der Waals surface area (Å²) in [6.45, 7) is 5.04. The molecule has 0 bridgehead atoms. The van der Waals surface area contributed by atoms with Crippen LogP contribution in [0.5, 0.6) is 0 Å². The lowest BCUT2D eigenvalue weighted by molar-refractivity contribution is -0.900. The zero-order chi connectivity index (χ0) is 13.0. The second-order valence-electron chi connectivity index (χ2n) is 5.18. The highest BCUT2D eigenvalue weighted by Crippen LogP contribution is 2.13. The topological polar surface area (TPSA) is 33.5 Å². The van der Waals surface area contributed by atoms with Gasteiger partial charge in [-0.1, -0.05) is 18.5 Å². The lowest BCUT2D eigenvalue weighted by Gasteiger charge is -2.27. The molecule has 3 nitrogen and oxygen atoms in total. The van der Waals surface area contributed by atoms with Gasteiger partial charge in [0.05, 0.1) is 13.1 Å². The molecule has 98 valence electrons. The number of hydrogen-bond donors (Lipinski definition) is 2. The number of carbonyl (C=O) groups excluding carboxylic acids is 1. The molecule has 0 spiro atoms. The fraction of sp³-hybridized carbons (Fsp3) is 0.500. The Morgan fingerprint density at radius 3 is 2.83 bits per heavy atom. The van der Waals surface area contributed by atoms with E-state index in [9.17, 15) is 4.79 Å². The predicted octanol–water partition coefficient (Wildman–Crippen LogP) is 1.59. The molecule has 1 aromatic carbocycles. The SMILES string of the molecule is C[C@H]1CCC[NH+](CC(=O)Nc2ccc(Cl)cc2)C1. The van der Waals surface area contributed by atoms with Crippen molar-refractivity contribution in [3.63, 3.8) is 0 Å². The number of carbonyl (C=O) groups is 1. The van der Waals surface area contributed by atoms with Crippen LogP contribution in [0.2, 0.25) is 5.02 Å². The molecule has 0 saturated carbocycles. The highest BCUT2D eigenvalue weighted by Gasteiger charge is 2.21. The Bertz CT molecular complexity index is 405. The third kappa shape index (κ3) is 4.00. The average Bonchev–Trinajstić information content (AvgIpc) is 2.32. The molecule has 1 aromatic rings. The van der Waals surface area contributed by atoms with Crippen molar-refractivity contribution >= 4 is 23.2 Å². The molecule has 1 amide bonds. The molecule has 2 atom stereocenters. The van der Waals surface area contributed by atoms with Crippen LogP contribution in [0.1, 0.15) is 19.8 Å². The number of hydrogen-bond acceptors (Lipinski definition) is 1. The first kappa shape index (κ1) is 13.4. The van der Waals surface area contributed by atoms with Gasteiger partial charge in [-0.15, -0.1) is 0 Å². The first-order chi connectivity index (χ1) is 8.63. The van der Waals surface area contributed by atoms with Crippen LogP contribution < -0.4 is 10.2 Å². The van der Waals surface area contributed by atoms with Gasteiger partial charge in [0.2, 0.25) is 0 Å². The second kappa shape index (κ2) is 6.21. The van der Waals surface area contributed by atoms with Crippen molar-refractivity contribution in [2.45, 2.75) is 19.8 Å². The minimum Gasteiger partial charge on any atom is -0.327 e. The van der Waals surface area contributed by atoms with Crippen LogP contribution in [0, 0.1) is 5.92 Å². The van der Waals surface area contributed by atoms with Crippen LogP contribution in [0.4, 0.5) is 5.69 Å². The van der Waals surface area contributed by atoms with Crippen molar-refractivity contribution in [3.05, 3.63) is 29.3 Å². The zero-order valence-corrected chi connectivity index (χ0v) is 11.5. The standard InChI is InChI=1S/C14H19ClN2O/c1-11-3-2-8-17(9-11)10-14(18)16-13-6-4-12(15)5-7-13/h4-7,11H,2-3,8-10H2,1H3,(H,16,18)/p+1/t11-/m0/s1. The Morgan fingerprint density at radius 1 is 1.44 bits per heavy atom. The van der Waals surface area contributed by atoms with Gasteiger partial charge in [0.1, 0.15) is 0 Å². The Labute approximate surface area is 113 Å². The van der Waals surface area contributed by atoms with Crippen molar-refractivity contribution in [2.75, 3.05) is 25.0 Å². The summed E-state index contributed by atoms with van der Waals surface area (Å²) < 4.78 is 0. The van der Waals surface area contributed by atoms with Crippen LogP contribution >= 0.6 is 11.6 Å². The third-order valence-corrected chi connectivity index (χ3v) is 3.65. The molecule has 1 aliphatic rings. The van der Waals surface area contributed by atoms with Gasteiger partial charge in [-0.2, -0.15) is 0 Å². The van der Waals surface area contributed by atoms with Crippen molar-refractivity contribution in [2.24, 2.45) is 5.92 Å². The number of amides is 1. The Balaban J connectivity index is 1.83. The van der Waals surface area contributed by atoms with Crippen LogP contribution in [-0.2, 0) is 4.79 Å². The minimum atomic E-state index is 0.0847. The van der Waals surface area contributed by atoms with Gasteiger partial charge in [0.15, 0.2) is 6.54 Å². The molecule has 1 heterocycles. The molecule has 1 fully saturated rings. The van der Waals surface area contributed by atoms with Crippen molar-refractivity contribution in [1.29, 1.82) is 0 Å². The molecule has 0 aromatic heterocycles. The molecule has 0 radical (unpaired) electrons. The van der Waals surface area contributed by atoms with E-state index in [0.29, 0.717) is 11.6 Å². The highest BCUT2D eigenvalue weighted by molar-refractivity contribution is 6.30. The number of rotatable bonds is 3. The molecular weight excluding hydrogens is 248 g/mol. The van der Waals surface area contributed by atoms with E-state index >= 15 is 0 Å². The summed E-state index contributed by atoms with van der Waals surface area (Å²) in [6.07, 6.45) is 2.52.